The summed E-state index contributed by atoms with van der Waals surface area (Å²) in [5.74, 6) is 1.19. The lowest BCUT2D eigenvalue weighted by molar-refractivity contribution is -0.0286. The molecule has 1 aliphatic carbocycles. The van der Waals surface area contributed by atoms with E-state index >= 15 is 0 Å². The highest BCUT2D eigenvalue weighted by Gasteiger charge is 2.30. The lowest BCUT2D eigenvalue weighted by Crippen LogP contribution is -2.30. The average Bonchev–Trinajstić information content (AvgIpc) is 3.34. The van der Waals surface area contributed by atoms with Crippen LogP contribution in [0.3, 0.4) is 0 Å². The Hall–Kier alpha value is -2.49. The van der Waals surface area contributed by atoms with Gasteiger partial charge in [-0.15, -0.1) is 5.10 Å². The summed E-state index contributed by atoms with van der Waals surface area (Å²) in [5.41, 5.74) is 4.27. The van der Waals surface area contributed by atoms with E-state index in [4.69, 9.17) is 14.6 Å². The second kappa shape index (κ2) is 8.80. The van der Waals surface area contributed by atoms with Gasteiger partial charge in [0.1, 0.15) is 0 Å². The van der Waals surface area contributed by atoms with Gasteiger partial charge in [0.05, 0.1) is 49.9 Å². The van der Waals surface area contributed by atoms with Gasteiger partial charge in [0.2, 0.25) is 5.95 Å². The van der Waals surface area contributed by atoms with E-state index in [1.807, 2.05) is 28.5 Å². The van der Waals surface area contributed by atoms with E-state index in [1.165, 1.54) is 5.69 Å². The quantitative estimate of drug-likeness (QED) is 0.583. The minimum atomic E-state index is -0.221. The van der Waals surface area contributed by atoms with E-state index < -0.39 is 0 Å². The van der Waals surface area contributed by atoms with Crippen LogP contribution in [-0.4, -0.2) is 68.6 Å². The third-order valence-corrected chi connectivity index (χ3v) is 6.79. The van der Waals surface area contributed by atoms with Gasteiger partial charge in [0, 0.05) is 42.1 Å². The van der Waals surface area contributed by atoms with Gasteiger partial charge in [-0.05, 0) is 38.2 Å². The summed E-state index contributed by atoms with van der Waals surface area (Å²) >= 11 is 0. The first-order valence-corrected chi connectivity index (χ1v) is 11.5. The van der Waals surface area contributed by atoms with Crippen molar-refractivity contribution in [2.24, 2.45) is 5.92 Å². The maximum absolute atomic E-state index is 10.2. The molecule has 2 N–H and O–H groups in total. The van der Waals surface area contributed by atoms with Crippen molar-refractivity contribution in [1.29, 1.82) is 0 Å². The first-order chi connectivity index (χ1) is 15.5. The lowest BCUT2D eigenvalue weighted by atomic mass is 9.79. The van der Waals surface area contributed by atoms with Crippen LogP contribution in [-0.2, 0) is 9.47 Å². The molecule has 4 heterocycles. The van der Waals surface area contributed by atoms with E-state index in [2.05, 4.69) is 34.6 Å². The maximum atomic E-state index is 10.2. The molecule has 2 aliphatic rings. The van der Waals surface area contributed by atoms with Crippen LogP contribution in [0.25, 0.3) is 16.6 Å². The Morgan fingerprint density at radius 1 is 1.31 bits per heavy atom. The third-order valence-electron chi connectivity index (χ3n) is 6.79. The number of fused-ring (bicyclic) bond motifs is 1. The molecule has 1 saturated heterocycles. The summed E-state index contributed by atoms with van der Waals surface area (Å²) in [6.45, 7) is 6.17. The number of aromatic nitrogens is 5. The lowest BCUT2D eigenvalue weighted by Gasteiger charge is -2.30. The number of rotatable bonds is 7. The number of methoxy groups -OCH3 is 1. The fraction of sp³-hybridized carbons (Fsp3) is 0.609. The smallest absolute Gasteiger partial charge is 0.241 e. The summed E-state index contributed by atoms with van der Waals surface area (Å²) in [7, 11) is 1.69. The van der Waals surface area contributed by atoms with Gasteiger partial charge in [0.15, 0.2) is 0 Å². The van der Waals surface area contributed by atoms with E-state index in [0.29, 0.717) is 37.7 Å². The van der Waals surface area contributed by atoms with Crippen molar-refractivity contribution < 1.29 is 14.6 Å². The summed E-state index contributed by atoms with van der Waals surface area (Å²) in [6, 6.07) is 2.65. The number of ether oxygens (including phenoxy) is 2. The van der Waals surface area contributed by atoms with Crippen LogP contribution in [0, 0.1) is 5.92 Å². The molecular weight excluding hydrogens is 408 g/mol. The molecule has 0 unspecified atom stereocenters. The Balaban J connectivity index is 1.54. The SMILES string of the molecule is COC[C@H](C)Nc1ncc2c(-c3cnn(C4COC4)c3)cc([C@@H]3CC[C@H](O)[C@H](C)C3)n2n1. The third kappa shape index (κ3) is 4.00. The van der Waals surface area contributed by atoms with Crippen LogP contribution in [0.2, 0.25) is 0 Å². The number of aliphatic hydroxyl groups excluding tert-OH is 1. The Bertz CT molecular complexity index is 1080. The Kier molecular flexibility index (Phi) is 5.88. The number of aliphatic hydroxyl groups is 1. The van der Waals surface area contributed by atoms with Crippen molar-refractivity contribution in [2.45, 2.75) is 57.2 Å². The largest absolute Gasteiger partial charge is 0.393 e. The van der Waals surface area contributed by atoms with Crippen LogP contribution in [0.1, 0.15) is 50.8 Å². The molecule has 0 spiro atoms. The summed E-state index contributed by atoms with van der Waals surface area (Å²) in [6.07, 6.45) is 8.37. The molecule has 1 aliphatic heterocycles. The van der Waals surface area contributed by atoms with Gasteiger partial charge < -0.3 is 19.9 Å². The predicted octanol–water partition coefficient (Wildman–Crippen LogP) is 2.88. The molecule has 2 fully saturated rings. The Morgan fingerprint density at radius 2 is 2.16 bits per heavy atom. The zero-order chi connectivity index (χ0) is 22.2. The highest BCUT2D eigenvalue weighted by atomic mass is 16.5. The van der Waals surface area contributed by atoms with Gasteiger partial charge in [-0.3, -0.25) is 4.68 Å². The van der Waals surface area contributed by atoms with E-state index in [9.17, 15) is 5.11 Å². The summed E-state index contributed by atoms with van der Waals surface area (Å²) in [5, 5.41) is 23.0. The predicted molar refractivity (Wildman–Crippen MR) is 121 cm³/mol. The molecule has 3 aromatic heterocycles. The molecule has 172 valence electrons. The zero-order valence-electron chi connectivity index (χ0n) is 18.9. The molecule has 4 atom stereocenters. The first-order valence-electron chi connectivity index (χ1n) is 11.5. The molecule has 3 aromatic rings. The van der Waals surface area contributed by atoms with Gasteiger partial charge in [-0.25, -0.2) is 9.50 Å². The van der Waals surface area contributed by atoms with Crippen molar-refractivity contribution in [3.05, 3.63) is 30.4 Å². The molecule has 9 heteroatoms. The highest BCUT2D eigenvalue weighted by Crippen LogP contribution is 2.39. The topological polar surface area (TPSA) is 98.7 Å². The van der Waals surface area contributed by atoms with Gasteiger partial charge in [-0.1, -0.05) is 6.92 Å². The Labute approximate surface area is 187 Å². The molecule has 32 heavy (non-hydrogen) atoms. The second-order valence-electron chi connectivity index (χ2n) is 9.32. The monoisotopic (exact) mass is 440 g/mol. The summed E-state index contributed by atoms with van der Waals surface area (Å²) in [4.78, 5) is 4.58. The fourth-order valence-electron chi connectivity index (χ4n) is 4.82. The van der Waals surface area contributed by atoms with E-state index in [1.54, 1.807) is 7.11 Å². The molecule has 0 aromatic carbocycles. The number of anilines is 1. The molecule has 1 saturated carbocycles. The van der Waals surface area contributed by atoms with Crippen LogP contribution >= 0.6 is 0 Å². The number of hydrogen-bond donors (Lipinski definition) is 2. The second-order valence-corrected chi connectivity index (χ2v) is 9.32. The van der Waals surface area contributed by atoms with E-state index in [0.717, 1.165) is 35.9 Å². The van der Waals surface area contributed by atoms with Crippen LogP contribution in [0.4, 0.5) is 5.95 Å². The minimum Gasteiger partial charge on any atom is -0.393 e. The molecule has 0 amide bonds. The summed E-state index contributed by atoms with van der Waals surface area (Å²) < 4.78 is 14.6. The highest BCUT2D eigenvalue weighted by molar-refractivity contribution is 5.81. The first kappa shape index (κ1) is 21.4. The van der Waals surface area contributed by atoms with Gasteiger partial charge in [0.25, 0.3) is 0 Å². The van der Waals surface area contributed by atoms with Crippen molar-refractivity contribution >= 4 is 11.5 Å². The number of hydrogen-bond acceptors (Lipinski definition) is 7. The van der Waals surface area contributed by atoms with Crippen molar-refractivity contribution in [3.8, 4) is 11.1 Å². The van der Waals surface area contributed by atoms with Gasteiger partial charge in [-0.2, -0.15) is 5.10 Å². The van der Waals surface area contributed by atoms with Crippen LogP contribution in [0.5, 0.6) is 0 Å². The normalized spacial score (nSPS) is 25.1. The zero-order valence-corrected chi connectivity index (χ0v) is 18.9. The number of nitrogens with one attached hydrogen (secondary N) is 1. The minimum absolute atomic E-state index is 0.101. The van der Waals surface area contributed by atoms with Gasteiger partial charge >= 0.3 is 0 Å². The molecular formula is C23H32N6O3. The van der Waals surface area contributed by atoms with Crippen molar-refractivity contribution in [3.63, 3.8) is 0 Å². The fourth-order valence-corrected chi connectivity index (χ4v) is 4.82. The number of nitrogens with zero attached hydrogens (tertiary/aromatic N) is 5. The van der Waals surface area contributed by atoms with Crippen molar-refractivity contribution in [2.75, 3.05) is 32.2 Å². The van der Waals surface area contributed by atoms with E-state index in [-0.39, 0.29) is 18.1 Å². The standard InChI is InChI=1S/C23H32N6O3/c1-14-6-16(4-5-22(14)30)20-7-19(17-8-25-28(10-17)18-12-32-13-18)21-9-24-23(27-29(20)21)26-15(2)11-31-3/h7-10,14-16,18,22,30H,4-6,11-13H2,1-3H3,(H,26,27)/t14-,15+,16-,22+/m1/s1. The molecule has 0 bridgehead atoms. The average molecular weight is 441 g/mol. The van der Waals surface area contributed by atoms with Crippen LogP contribution < -0.4 is 5.32 Å². The molecule has 9 nitrogen and oxygen atoms in total. The van der Waals surface area contributed by atoms with Crippen LogP contribution in [0.15, 0.2) is 24.7 Å². The van der Waals surface area contributed by atoms with Crippen molar-refractivity contribution in [1.82, 2.24) is 24.4 Å². The Morgan fingerprint density at radius 3 is 2.88 bits per heavy atom. The molecule has 0 radical (unpaired) electrons. The maximum Gasteiger partial charge on any atom is 0.241 e. The molecule has 5 rings (SSSR count).